The fraction of sp³-hybridized carbons (Fsp3) is 0.231. The molecule has 0 bridgehead atoms. The number of aromatic nitrogens is 1. The number of pyridine rings is 1. The SMILES string of the molecule is Cc1ccc(S(=O)(=O)NC(CC2=CC(=O)N(c3ccccn3)C2)c2ccc(C)cc2C)cc1. The van der Waals surface area contributed by atoms with E-state index in [9.17, 15) is 13.2 Å². The summed E-state index contributed by atoms with van der Waals surface area (Å²) in [7, 11) is -3.76. The van der Waals surface area contributed by atoms with E-state index in [1.807, 2.05) is 45.0 Å². The molecular formula is C26H27N3O3S. The van der Waals surface area contributed by atoms with Gasteiger partial charge in [-0.2, -0.15) is 0 Å². The number of hydrogen-bond donors (Lipinski definition) is 1. The maximum atomic E-state index is 13.2. The molecule has 0 radical (unpaired) electrons. The van der Waals surface area contributed by atoms with Crippen molar-refractivity contribution >= 4 is 21.7 Å². The van der Waals surface area contributed by atoms with Crippen molar-refractivity contribution in [3.05, 3.63) is 101 Å². The molecule has 4 rings (SSSR count). The van der Waals surface area contributed by atoms with Crippen LogP contribution in [-0.2, 0) is 14.8 Å². The molecule has 3 aromatic rings. The fourth-order valence-corrected chi connectivity index (χ4v) is 5.29. The van der Waals surface area contributed by atoms with E-state index in [0.717, 1.165) is 27.8 Å². The summed E-state index contributed by atoms with van der Waals surface area (Å²) < 4.78 is 29.3. The quantitative estimate of drug-likeness (QED) is 0.566. The van der Waals surface area contributed by atoms with E-state index < -0.39 is 16.1 Å². The Morgan fingerprint density at radius 3 is 2.39 bits per heavy atom. The third kappa shape index (κ3) is 5.21. The van der Waals surface area contributed by atoms with Crippen molar-refractivity contribution in [1.29, 1.82) is 0 Å². The van der Waals surface area contributed by atoms with E-state index in [2.05, 4.69) is 9.71 Å². The van der Waals surface area contributed by atoms with Crippen LogP contribution < -0.4 is 9.62 Å². The highest BCUT2D eigenvalue weighted by Gasteiger charge is 2.29. The molecule has 0 fully saturated rings. The minimum Gasteiger partial charge on any atom is -0.289 e. The number of nitrogens with one attached hydrogen (secondary N) is 1. The Balaban J connectivity index is 1.63. The van der Waals surface area contributed by atoms with Crippen LogP contribution in [-0.4, -0.2) is 25.9 Å². The molecule has 1 aromatic heterocycles. The topological polar surface area (TPSA) is 79.4 Å². The summed E-state index contributed by atoms with van der Waals surface area (Å²) in [6, 6.07) is 17.7. The molecule has 7 heteroatoms. The second-order valence-corrected chi connectivity index (χ2v) is 10.2. The fourth-order valence-electron chi connectivity index (χ4n) is 4.08. The Morgan fingerprint density at radius 1 is 1.00 bits per heavy atom. The maximum Gasteiger partial charge on any atom is 0.252 e. The van der Waals surface area contributed by atoms with Crippen LogP contribution >= 0.6 is 0 Å². The number of hydrogen-bond acceptors (Lipinski definition) is 4. The lowest BCUT2D eigenvalue weighted by Gasteiger charge is -2.23. The van der Waals surface area contributed by atoms with Crippen molar-refractivity contribution in [2.24, 2.45) is 0 Å². The molecule has 0 aliphatic carbocycles. The van der Waals surface area contributed by atoms with Crippen LogP contribution in [0.25, 0.3) is 0 Å². The van der Waals surface area contributed by atoms with Crippen molar-refractivity contribution in [1.82, 2.24) is 9.71 Å². The molecule has 33 heavy (non-hydrogen) atoms. The molecule has 2 heterocycles. The zero-order valence-electron chi connectivity index (χ0n) is 18.9. The van der Waals surface area contributed by atoms with E-state index in [0.29, 0.717) is 18.8 Å². The first-order valence-corrected chi connectivity index (χ1v) is 12.3. The van der Waals surface area contributed by atoms with Crippen molar-refractivity contribution in [3.63, 3.8) is 0 Å². The highest BCUT2D eigenvalue weighted by molar-refractivity contribution is 7.89. The number of amides is 1. The van der Waals surface area contributed by atoms with E-state index >= 15 is 0 Å². The number of anilines is 1. The van der Waals surface area contributed by atoms with Gasteiger partial charge in [0.2, 0.25) is 10.0 Å². The minimum absolute atomic E-state index is 0.149. The van der Waals surface area contributed by atoms with Crippen molar-refractivity contribution in [3.8, 4) is 0 Å². The van der Waals surface area contributed by atoms with Gasteiger partial charge in [-0.25, -0.2) is 18.1 Å². The standard InChI is InChI=1S/C26H27N3O3S/c1-18-7-10-22(11-8-18)33(31,32)28-24(23-12-9-19(2)14-20(23)3)15-21-16-26(30)29(17-21)25-6-4-5-13-27-25/h4-14,16,24,28H,15,17H2,1-3H3. The summed E-state index contributed by atoms with van der Waals surface area (Å²) >= 11 is 0. The average molecular weight is 462 g/mol. The van der Waals surface area contributed by atoms with Crippen LogP contribution in [0.4, 0.5) is 5.82 Å². The van der Waals surface area contributed by atoms with Gasteiger partial charge in [0.25, 0.3) is 5.91 Å². The van der Waals surface area contributed by atoms with Gasteiger partial charge in [0.1, 0.15) is 5.82 Å². The molecule has 2 aromatic carbocycles. The first-order chi connectivity index (χ1) is 15.7. The van der Waals surface area contributed by atoms with Crippen LogP contribution in [0.15, 0.2) is 83.4 Å². The van der Waals surface area contributed by atoms with E-state index in [1.165, 1.54) is 0 Å². The first kappa shape index (κ1) is 22.9. The number of sulfonamides is 1. The first-order valence-electron chi connectivity index (χ1n) is 10.8. The van der Waals surface area contributed by atoms with Gasteiger partial charge < -0.3 is 0 Å². The van der Waals surface area contributed by atoms with E-state index in [4.69, 9.17) is 0 Å². The van der Waals surface area contributed by atoms with Crippen LogP contribution in [0.1, 0.15) is 34.7 Å². The summed E-state index contributed by atoms with van der Waals surface area (Å²) in [6.07, 6.45) is 3.62. The summed E-state index contributed by atoms with van der Waals surface area (Å²) in [5.41, 5.74) is 4.83. The minimum atomic E-state index is -3.76. The summed E-state index contributed by atoms with van der Waals surface area (Å²) in [5, 5.41) is 0. The highest BCUT2D eigenvalue weighted by atomic mass is 32.2. The van der Waals surface area contributed by atoms with Gasteiger partial charge in [-0.15, -0.1) is 0 Å². The Morgan fingerprint density at radius 2 is 1.73 bits per heavy atom. The lowest BCUT2D eigenvalue weighted by molar-refractivity contribution is -0.113. The number of rotatable bonds is 7. The molecular weight excluding hydrogens is 434 g/mol. The molecule has 1 N–H and O–H groups in total. The molecule has 1 aliphatic rings. The van der Waals surface area contributed by atoms with Crippen LogP contribution in [0, 0.1) is 20.8 Å². The van der Waals surface area contributed by atoms with Gasteiger partial charge >= 0.3 is 0 Å². The van der Waals surface area contributed by atoms with Crippen molar-refractivity contribution in [2.75, 3.05) is 11.4 Å². The molecule has 0 saturated carbocycles. The highest BCUT2D eigenvalue weighted by Crippen LogP contribution is 2.30. The van der Waals surface area contributed by atoms with E-state index in [1.54, 1.807) is 53.6 Å². The molecule has 0 spiro atoms. The van der Waals surface area contributed by atoms with Gasteiger partial charge in [0, 0.05) is 18.8 Å². The van der Waals surface area contributed by atoms with Crippen LogP contribution in [0.5, 0.6) is 0 Å². The third-order valence-electron chi connectivity index (χ3n) is 5.78. The summed E-state index contributed by atoms with van der Waals surface area (Å²) in [4.78, 5) is 18.7. The summed E-state index contributed by atoms with van der Waals surface area (Å²) in [6.45, 7) is 6.28. The van der Waals surface area contributed by atoms with E-state index in [-0.39, 0.29) is 10.8 Å². The van der Waals surface area contributed by atoms with Crippen molar-refractivity contribution in [2.45, 2.75) is 38.1 Å². The lowest BCUT2D eigenvalue weighted by atomic mass is 9.95. The molecule has 1 atom stereocenters. The zero-order chi connectivity index (χ0) is 23.6. The normalized spacial score (nSPS) is 14.9. The lowest BCUT2D eigenvalue weighted by Crippen LogP contribution is -2.30. The van der Waals surface area contributed by atoms with Crippen LogP contribution in [0.2, 0.25) is 0 Å². The third-order valence-corrected chi connectivity index (χ3v) is 7.26. The molecule has 0 saturated heterocycles. The number of carbonyl (C=O) groups is 1. The smallest absolute Gasteiger partial charge is 0.252 e. The number of benzene rings is 2. The van der Waals surface area contributed by atoms with Gasteiger partial charge in [-0.05, 0) is 68.2 Å². The Hall–Kier alpha value is -3.29. The number of carbonyl (C=O) groups excluding carboxylic acids is 1. The molecule has 170 valence electrons. The van der Waals surface area contributed by atoms with Crippen molar-refractivity contribution < 1.29 is 13.2 Å². The largest absolute Gasteiger partial charge is 0.289 e. The molecule has 6 nitrogen and oxygen atoms in total. The average Bonchev–Trinajstić information content (AvgIpc) is 3.14. The maximum absolute atomic E-state index is 13.2. The number of aryl methyl sites for hydroxylation is 3. The zero-order valence-corrected chi connectivity index (χ0v) is 19.8. The molecule has 1 unspecified atom stereocenters. The Kier molecular flexibility index (Phi) is 6.44. The van der Waals surface area contributed by atoms with Gasteiger partial charge in [-0.1, -0.05) is 47.5 Å². The van der Waals surface area contributed by atoms with Gasteiger partial charge in [0.05, 0.1) is 10.9 Å². The second-order valence-electron chi connectivity index (χ2n) is 8.47. The monoisotopic (exact) mass is 461 g/mol. The summed E-state index contributed by atoms with van der Waals surface area (Å²) in [5.74, 6) is 0.432. The number of nitrogens with zero attached hydrogens (tertiary/aromatic N) is 2. The second kappa shape index (κ2) is 9.29. The van der Waals surface area contributed by atoms with Gasteiger partial charge in [0.15, 0.2) is 0 Å². The van der Waals surface area contributed by atoms with Gasteiger partial charge in [-0.3, -0.25) is 9.69 Å². The Bertz CT molecular complexity index is 1300. The molecule has 1 aliphatic heterocycles. The molecule has 1 amide bonds. The predicted molar refractivity (Wildman–Crippen MR) is 129 cm³/mol. The predicted octanol–water partition coefficient (Wildman–Crippen LogP) is 4.39. The Labute approximate surface area is 195 Å². The van der Waals surface area contributed by atoms with Crippen LogP contribution in [0.3, 0.4) is 0 Å².